The van der Waals surface area contributed by atoms with Gasteiger partial charge in [0.1, 0.15) is 0 Å². The van der Waals surface area contributed by atoms with Crippen LogP contribution in [0.4, 0.5) is 5.69 Å². The Hall–Kier alpha value is -1.69. The Kier molecular flexibility index (Phi) is 5.10. The third-order valence-electron chi connectivity index (χ3n) is 5.25. The van der Waals surface area contributed by atoms with Crippen molar-refractivity contribution in [2.75, 3.05) is 4.72 Å². The quantitative estimate of drug-likeness (QED) is 0.516. The van der Waals surface area contributed by atoms with E-state index < -0.39 is 10.0 Å². The second-order valence-electron chi connectivity index (χ2n) is 6.99. The van der Waals surface area contributed by atoms with E-state index in [0.717, 1.165) is 0 Å². The number of hydrogen-bond acceptors (Lipinski definition) is 2. The second kappa shape index (κ2) is 7.38. The van der Waals surface area contributed by atoms with E-state index in [1.54, 1.807) is 30.5 Å². The van der Waals surface area contributed by atoms with Crippen LogP contribution in [0.3, 0.4) is 0 Å². The summed E-state index contributed by atoms with van der Waals surface area (Å²) in [5, 5.41) is 1.52. The number of hydrogen-bond donors (Lipinski definition) is 2. The Balaban J connectivity index is 1.61. The first kappa shape index (κ1) is 18.7. The minimum Gasteiger partial charge on any atom is -0.358 e. The van der Waals surface area contributed by atoms with E-state index in [9.17, 15) is 8.42 Å². The molecule has 1 saturated carbocycles. The number of halogens is 2. The van der Waals surface area contributed by atoms with Gasteiger partial charge in [0, 0.05) is 11.6 Å². The maximum Gasteiger partial charge on any atom is 0.261 e. The number of benzene rings is 2. The molecule has 0 spiro atoms. The monoisotopic (exact) mass is 422 g/mol. The molecule has 1 heterocycles. The van der Waals surface area contributed by atoms with Gasteiger partial charge in [-0.3, -0.25) is 4.72 Å². The van der Waals surface area contributed by atoms with Crippen molar-refractivity contribution < 1.29 is 8.42 Å². The molecular weight excluding hydrogens is 403 g/mol. The summed E-state index contributed by atoms with van der Waals surface area (Å²) in [6.45, 7) is 0. The summed E-state index contributed by atoms with van der Waals surface area (Å²) >= 11 is 12.3. The number of sulfonamides is 1. The lowest BCUT2D eigenvalue weighted by atomic mass is 9.84. The van der Waals surface area contributed by atoms with Crippen LogP contribution in [0, 0.1) is 0 Å². The standard InChI is InChI=1S/C20H20Cl2N2O2S/c21-16-10-11-18(20-19(16)17(22)12-23-20)24-27(25,26)15-8-6-14(7-9-15)13-4-2-1-3-5-13/h6-13,23-24H,1-5H2. The topological polar surface area (TPSA) is 62.0 Å². The number of fused-ring (bicyclic) bond motifs is 1. The Labute approximate surface area is 168 Å². The molecule has 2 N–H and O–H groups in total. The molecule has 1 aliphatic rings. The van der Waals surface area contributed by atoms with Gasteiger partial charge in [-0.2, -0.15) is 0 Å². The van der Waals surface area contributed by atoms with Crippen LogP contribution in [0.1, 0.15) is 43.6 Å². The van der Waals surface area contributed by atoms with Gasteiger partial charge in [0.15, 0.2) is 0 Å². The van der Waals surface area contributed by atoms with Gasteiger partial charge in [-0.1, -0.05) is 54.6 Å². The predicted octanol–water partition coefficient (Wildman–Crippen LogP) is 6.32. The van der Waals surface area contributed by atoms with E-state index in [2.05, 4.69) is 9.71 Å². The van der Waals surface area contributed by atoms with E-state index in [0.29, 0.717) is 32.6 Å². The van der Waals surface area contributed by atoms with Crippen molar-refractivity contribution in [2.24, 2.45) is 0 Å². The normalized spacial score (nSPS) is 15.9. The summed E-state index contributed by atoms with van der Waals surface area (Å²) in [7, 11) is -3.71. The lowest BCUT2D eigenvalue weighted by Gasteiger charge is -2.22. The molecule has 3 aromatic rings. The molecule has 0 saturated heterocycles. The molecule has 0 unspecified atom stereocenters. The van der Waals surface area contributed by atoms with E-state index >= 15 is 0 Å². The van der Waals surface area contributed by atoms with Crippen LogP contribution in [0.5, 0.6) is 0 Å². The maximum absolute atomic E-state index is 12.8. The molecule has 1 aliphatic carbocycles. The van der Waals surface area contributed by atoms with Crippen LogP contribution in [-0.4, -0.2) is 13.4 Å². The maximum atomic E-state index is 12.8. The fourth-order valence-corrected chi connectivity index (χ4v) is 5.44. The second-order valence-corrected chi connectivity index (χ2v) is 9.49. The van der Waals surface area contributed by atoms with E-state index in [4.69, 9.17) is 23.2 Å². The first-order valence-electron chi connectivity index (χ1n) is 9.03. The van der Waals surface area contributed by atoms with Crippen LogP contribution in [-0.2, 0) is 10.0 Å². The summed E-state index contributed by atoms with van der Waals surface area (Å²) < 4.78 is 28.3. The van der Waals surface area contributed by atoms with E-state index in [1.807, 2.05) is 12.1 Å². The molecule has 0 aliphatic heterocycles. The van der Waals surface area contributed by atoms with Crippen LogP contribution < -0.4 is 4.72 Å². The number of nitrogens with one attached hydrogen (secondary N) is 2. The molecule has 142 valence electrons. The van der Waals surface area contributed by atoms with Gasteiger partial charge >= 0.3 is 0 Å². The summed E-state index contributed by atoms with van der Waals surface area (Å²) in [4.78, 5) is 3.22. The third kappa shape index (κ3) is 3.68. The van der Waals surface area contributed by atoms with E-state index in [1.165, 1.54) is 37.7 Å². The average molecular weight is 423 g/mol. The molecule has 4 nitrogen and oxygen atoms in total. The Morgan fingerprint density at radius 3 is 2.33 bits per heavy atom. The fourth-order valence-electron chi connectivity index (χ4n) is 3.81. The number of aromatic nitrogens is 1. The molecule has 4 rings (SSSR count). The van der Waals surface area contributed by atoms with Gasteiger partial charge in [0.25, 0.3) is 10.0 Å². The molecule has 0 atom stereocenters. The molecule has 27 heavy (non-hydrogen) atoms. The summed E-state index contributed by atoms with van der Waals surface area (Å²) in [6, 6.07) is 10.5. The highest BCUT2D eigenvalue weighted by molar-refractivity contribution is 7.92. The van der Waals surface area contributed by atoms with E-state index in [-0.39, 0.29) is 4.90 Å². The predicted molar refractivity (Wildman–Crippen MR) is 111 cm³/mol. The molecule has 2 aromatic carbocycles. The van der Waals surface area contributed by atoms with Crippen molar-refractivity contribution in [3.05, 3.63) is 58.2 Å². The van der Waals surface area contributed by atoms with Crippen LogP contribution >= 0.6 is 23.2 Å². The lowest BCUT2D eigenvalue weighted by molar-refractivity contribution is 0.443. The Morgan fingerprint density at radius 2 is 1.63 bits per heavy atom. The van der Waals surface area contributed by atoms with Crippen molar-refractivity contribution in [3.8, 4) is 0 Å². The average Bonchev–Trinajstić information content (AvgIpc) is 3.08. The minimum atomic E-state index is -3.71. The molecule has 1 aromatic heterocycles. The first-order valence-corrected chi connectivity index (χ1v) is 11.3. The third-order valence-corrected chi connectivity index (χ3v) is 7.24. The first-order chi connectivity index (χ1) is 13.0. The SMILES string of the molecule is O=S(=O)(Nc1ccc(Cl)c2c(Cl)c[nH]c12)c1ccc(C2CCCCC2)cc1. The van der Waals surface area contributed by atoms with Crippen LogP contribution in [0.2, 0.25) is 10.0 Å². The highest BCUT2D eigenvalue weighted by Gasteiger charge is 2.20. The zero-order valence-electron chi connectivity index (χ0n) is 14.6. The van der Waals surface area contributed by atoms with Gasteiger partial charge in [0.05, 0.1) is 26.1 Å². The number of H-pyrrole nitrogens is 1. The summed E-state index contributed by atoms with van der Waals surface area (Å²) in [5.74, 6) is 0.542. The smallest absolute Gasteiger partial charge is 0.261 e. The van der Waals surface area contributed by atoms with Gasteiger partial charge in [-0.25, -0.2) is 8.42 Å². The molecule has 7 heteroatoms. The van der Waals surface area contributed by atoms with Gasteiger partial charge in [-0.05, 0) is 48.6 Å². The number of rotatable bonds is 4. The summed E-state index contributed by atoms with van der Waals surface area (Å²) in [6.07, 6.45) is 7.75. The Bertz CT molecular complexity index is 1070. The number of aromatic amines is 1. The van der Waals surface area contributed by atoms with Crippen molar-refractivity contribution in [1.82, 2.24) is 4.98 Å². The van der Waals surface area contributed by atoms with Crippen molar-refractivity contribution in [1.29, 1.82) is 0 Å². The van der Waals surface area contributed by atoms with Gasteiger partial charge < -0.3 is 4.98 Å². The lowest BCUT2D eigenvalue weighted by Crippen LogP contribution is -2.13. The zero-order chi connectivity index (χ0) is 19.0. The molecule has 0 radical (unpaired) electrons. The fraction of sp³-hybridized carbons (Fsp3) is 0.300. The van der Waals surface area contributed by atoms with Gasteiger partial charge in [-0.15, -0.1) is 0 Å². The highest BCUT2D eigenvalue weighted by Crippen LogP contribution is 2.36. The number of anilines is 1. The zero-order valence-corrected chi connectivity index (χ0v) is 17.0. The van der Waals surface area contributed by atoms with Crippen molar-refractivity contribution in [3.63, 3.8) is 0 Å². The largest absolute Gasteiger partial charge is 0.358 e. The molecule has 1 fully saturated rings. The van der Waals surface area contributed by atoms with Crippen LogP contribution in [0.15, 0.2) is 47.5 Å². The molecule has 0 bridgehead atoms. The van der Waals surface area contributed by atoms with Crippen LogP contribution in [0.25, 0.3) is 10.9 Å². The Morgan fingerprint density at radius 1 is 0.926 bits per heavy atom. The molecular formula is C20H20Cl2N2O2S. The highest BCUT2D eigenvalue weighted by atomic mass is 35.5. The van der Waals surface area contributed by atoms with Crippen molar-refractivity contribution >= 4 is 49.8 Å². The molecule has 0 amide bonds. The summed E-state index contributed by atoms with van der Waals surface area (Å²) in [5.41, 5.74) is 2.20. The van der Waals surface area contributed by atoms with Gasteiger partial charge in [0.2, 0.25) is 0 Å². The van der Waals surface area contributed by atoms with Crippen molar-refractivity contribution in [2.45, 2.75) is 42.9 Å². The minimum absolute atomic E-state index is 0.239.